The summed E-state index contributed by atoms with van der Waals surface area (Å²) >= 11 is 0. The van der Waals surface area contributed by atoms with Crippen LogP contribution in [-0.4, -0.2) is 35.1 Å². The fraction of sp³-hybridized carbons (Fsp3) is 0.385. The van der Waals surface area contributed by atoms with Crippen LogP contribution in [0.3, 0.4) is 0 Å². The van der Waals surface area contributed by atoms with Crippen LogP contribution >= 0.6 is 0 Å². The molecule has 1 aromatic carbocycles. The van der Waals surface area contributed by atoms with Gasteiger partial charge in [0.05, 0.1) is 6.61 Å². The van der Waals surface area contributed by atoms with Gasteiger partial charge < -0.3 is 15.7 Å². The molecule has 1 aliphatic heterocycles. The first-order valence-electron chi connectivity index (χ1n) is 5.83. The molecule has 1 aromatic rings. The van der Waals surface area contributed by atoms with Crippen LogP contribution in [0.1, 0.15) is 12.5 Å². The van der Waals surface area contributed by atoms with Crippen molar-refractivity contribution in [3.63, 3.8) is 0 Å². The standard InChI is InChI=1S/C13H16N2O3/c1-13(8-16)12(18)14-10(11(17)15-13)7-9-5-3-2-4-6-9/h2-6,10,16H,7-8H2,1H3,(H,14,18)(H,15,17)/t10-,13-/m0/s1. The first kappa shape index (κ1) is 12.6. The normalized spacial score (nSPS) is 27.6. The van der Waals surface area contributed by atoms with Gasteiger partial charge in [-0.15, -0.1) is 0 Å². The van der Waals surface area contributed by atoms with Crippen molar-refractivity contribution < 1.29 is 14.7 Å². The van der Waals surface area contributed by atoms with Crippen LogP contribution < -0.4 is 10.6 Å². The number of hydrogen-bond donors (Lipinski definition) is 3. The van der Waals surface area contributed by atoms with Crippen molar-refractivity contribution in [2.75, 3.05) is 6.61 Å². The number of carbonyl (C=O) groups is 2. The topological polar surface area (TPSA) is 78.4 Å². The molecule has 2 atom stereocenters. The molecule has 1 saturated heterocycles. The maximum atomic E-state index is 11.9. The molecule has 5 nitrogen and oxygen atoms in total. The van der Waals surface area contributed by atoms with E-state index in [2.05, 4.69) is 10.6 Å². The summed E-state index contributed by atoms with van der Waals surface area (Å²) < 4.78 is 0. The van der Waals surface area contributed by atoms with E-state index in [1.165, 1.54) is 6.92 Å². The predicted molar refractivity (Wildman–Crippen MR) is 65.7 cm³/mol. The van der Waals surface area contributed by atoms with E-state index in [0.717, 1.165) is 5.56 Å². The third-order valence-electron chi connectivity index (χ3n) is 3.12. The van der Waals surface area contributed by atoms with E-state index >= 15 is 0 Å². The third-order valence-corrected chi connectivity index (χ3v) is 3.12. The molecule has 0 saturated carbocycles. The number of benzene rings is 1. The Morgan fingerprint density at radius 2 is 1.94 bits per heavy atom. The Labute approximate surface area is 105 Å². The van der Waals surface area contributed by atoms with Crippen molar-refractivity contribution in [3.8, 4) is 0 Å². The number of nitrogens with one attached hydrogen (secondary N) is 2. The first-order chi connectivity index (χ1) is 8.55. The highest BCUT2D eigenvalue weighted by molar-refractivity contribution is 5.99. The molecule has 2 amide bonds. The Morgan fingerprint density at radius 3 is 2.56 bits per heavy atom. The second-order valence-corrected chi connectivity index (χ2v) is 4.70. The predicted octanol–water partition coefficient (Wildman–Crippen LogP) is -0.405. The zero-order chi connectivity index (χ0) is 13.2. The Morgan fingerprint density at radius 1 is 1.28 bits per heavy atom. The highest BCUT2D eigenvalue weighted by atomic mass is 16.3. The van der Waals surface area contributed by atoms with Gasteiger partial charge in [0.15, 0.2) is 0 Å². The lowest BCUT2D eigenvalue weighted by Gasteiger charge is -2.36. The highest BCUT2D eigenvalue weighted by Crippen LogP contribution is 2.12. The van der Waals surface area contributed by atoms with Crippen molar-refractivity contribution in [2.24, 2.45) is 0 Å². The number of rotatable bonds is 3. The van der Waals surface area contributed by atoms with Gasteiger partial charge in [-0.1, -0.05) is 30.3 Å². The summed E-state index contributed by atoms with van der Waals surface area (Å²) in [6.07, 6.45) is 0.444. The lowest BCUT2D eigenvalue weighted by molar-refractivity contribution is -0.142. The van der Waals surface area contributed by atoms with Crippen molar-refractivity contribution in [2.45, 2.75) is 24.9 Å². The number of carbonyl (C=O) groups excluding carboxylic acids is 2. The minimum atomic E-state index is -1.22. The van der Waals surface area contributed by atoms with Crippen molar-refractivity contribution in [3.05, 3.63) is 35.9 Å². The first-order valence-corrected chi connectivity index (χ1v) is 5.83. The van der Waals surface area contributed by atoms with Gasteiger partial charge in [0, 0.05) is 6.42 Å². The molecule has 0 bridgehead atoms. The van der Waals surface area contributed by atoms with Crippen LogP contribution in [0, 0.1) is 0 Å². The largest absolute Gasteiger partial charge is 0.393 e. The van der Waals surface area contributed by atoms with Gasteiger partial charge in [0.25, 0.3) is 0 Å². The van der Waals surface area contributed by atoms with Crippen LogP contribution in [0.25, 0.3) is 0 Å². The molecular formula is C13H16N2O3. The Bertz CT molecular complexity index is 461. The Hall–Kier alpha value is -1.88. The number of aliphatic hydroxyl groups excluding tert-OH is 1. The molecule has 0 aromatic heterocycles. The second kappa shape index (κ2) is 4.78. The van der Waals surface area contributed by atoms with Gasteiger partial charge >= 0.3 is 0 Å². The average Bonchev–Trinajstić information content (AvgIpc) is 2.37. The highest BCUT2D eigenvalue weighted by Gasteiger charge is 2.42. The number of piperazine rings is 1. The number of amides is 2. The molecule has 96 valence electrons. The van der Waals surface area contributed by atoms with Gasteiger partial charge in [0.1, 0.15) is 11.6 Å². The minimum Gasteiger partial charge on any atom is -0.393 e. The van der Waals surface area contributed by atoms with Crippen molar-refractivity contribution in [1.29, 1.82) is 0 Å². The number of hydrogen-bond acceptors (Lipinski definition) is 3. The van der Waals surface area contributed by atoms with Crippen LogP contribution in [0.4, 0.5) is 0 Å². The molecule has 1 heterocycles. The summed E-state index contributed by atoms with van der Waals surface area (Å²) in [6.45, 7) is 1.08. The lowest BCUT2D eigenvalue weighted by atomic mass is 9.95. The van der Waals surface area contributed by atoms with E-state index in [1.807, 2.05) is 30.3 Å². The molecule has 2 rings (SSSR count). The zero-order valence-electron chi connectivity index (χ0n) is 10.1. The molecule has 3 N–H and O–H groups in total. The van der Waals surface area contributed by atoms with Crippen LogP contribution in [-0.2, 0) is 16.0 Å². The average molecular weight is 248 g/mol. The number of aliphatic hydroxyl groups is 1. The van der Waals surface area contributed by atoms with Gasteiger partial charge in [-0.2, -0.15) is 0 Å². The maximum absolute atomic E-state index is 11.9. The summed E-state index contributed by atoms with van der Waals surface area (Å²) in [4.78, 5) is 23.7. The minimum absolute atomic E-state index is 0.269. The fourth-order valence-electron chi connectivity index (χ4n) is 1.90. The Balaban J connectivity index is 2.09. The zero-order valence-corrected chi connectivity index (χ0v) is 10.1. The molecule has 18 heavy (non-hydrogen) atoms. The van der Waals surface area contributed by atoms with E-state index < -0.39 is 18.2 Å². The summed E-state index contributed by atoms with van der Waals surface area (Å²) in [5.41, 5.74) is -0.241. The SMILES string of the molecule is C[C@@]1(CO)NC(=O)[C@H](Cc2ccccc2)NC1=O. The molecular weight excluding hydrogens is 232 g/mol. The quantitative estimate of drug-likeness (QED) is 0.680. The molecule has 0 unspecified atom stereocenters. The summed E-state index contributed by atoms with van der Waals surface area (Å²) in [5, 5.41) is 14.3. The second-order valence-electron chi connectivity index (χ2n) is 4.70. The van der Waals surface area contributed by atoms with Gasteiger partial charge in [-0.05, 0) is 12.5 Å². The van der Waals surface area contributed by atoms with E-state index in [9.17, 15) is 9.59 Å². The molecule has 1 fully saturated rings. The molecule has 0 spiro atoms. The maximum Gasteiger partial charge on any atom is 0.248 e. The monoisotopic (exact) mass is 248 g/mol. The van der Waals surface area contributed by atoms with Crippen LogP contribution in [0.15, 0.2) is 30.3 Å². The summed E-state index contributed by atoms with van der Waals surface area (Å²) in [7, 11) is 0. The van der Waals surface area contributed by atoms with Gasteiger partial charge in [-0.3, -0.25) is 9.59 Å². The lowest BCUT2D eigenvalue weighted by Crippen LogP contribution is -2.70. The summed E-state index contributed by atoms with van der Waals surface area (Å²) in [5.74, 6) is -0.625. The summed E-state index contributed by atoms with van der Waals surface area (Å²) in [6, 6.07) is 8.88. The third kappa shape index (κ3) is 2.36. The fourth-order valence-corrected chi connectivity index (χ4v) is 1.90. The van der Waals surface area contributed by atoms with Crippen LogP contribution in [0.5, 0.6) is 0 Å². The van der Waals surface area contributed by atoms with E-state index in [4.69, 9.17) is 5.11 Å². The Kier molecular flexibility index (Phi) is 3.34. The smallest absolute Gasteiger partial charge is 0.248 e. The van der Waals surface area contributed by atoms with Gasteiger partial charge in [-0.25, -0.2) is 0 Å². The molecule has 0 radical (unpaired) electrons. The van der Waals surface area contributed by atoms with Crippen molar-refractivity contribution in [1.82, 2.24) is 10.6 Å². The van der Waals surface area contributed by atoms with E-state index in [1.54, 1.807) is 0 Å². The molecule has 1 aliphatic rings. The van der Waals surface area contributed by atoms with Crippen molar-refractivity contribution >= 4 is 11.8 Å². The molecule has 5 heteroatoms. The molecule has 0 aliphatic carbocycles. The van der Waals surface area contributed by atoms with Gasteiger partial charge in [0.2, 0.25) is 11.8 Å². The van der Waals surface area contributed by atoms with Crippen LogP contribution in [0.2, 0.25) is 0 Å². The van der Waals surface area contributed by atoms with E-state index in [-0.39, 0.29) is 11.8 Å². The van der Waals surface area contributed by atoms with E-state index in [0.29, 0.717) is 6.42 Å².